The lowest BCUT2D eigenvalue weighted by Gasteiger charge is -2.22. The molecule has 1 amide bonds. The molecule has 0 unspecified atom stereocenters. The zero-order valence-corrected chi connectivity index (χ0v) is 21.1. The molecule has 0 bridgehead atoms. The molecule has 0 aliphatic heterocycles. The van der Waals surface area contributed by atoms with Gasteiger partial charge < -0.3 is 19.9 Å². The highest BCUT2D eigenvalue weighted by molar-refractivity contribution is 7.15. The van der Waals surface area contributed by atoms with E-state index in [9.17, 15) is 4.79 Å². The van der Waals surface area contributed by atoms with Gasteiger partial charge in [0.25, 0.3) is 0 Å². The van der Waals surface area contributed by atoms with E-state index in [4.69, 9.17) is 19.9 Å². The second kappa shape index (κ2) is 12.9. The number of methoxy groups -OCH3 is 1. The van der Waals surface area contributed by atoms with E-state index in [1.54, 1.807) is 19.2 Å². The number of carbonyl (C=O) groups is 1. The first-order valence-electron chi connectivity index (χ1n) is 12.0. The standard InChI is InChI=1S/C26H31N5O4S/c1-33-23-15-18(17-28-29-24(32)16-25-30-31-26(27)36-25)7-12-22(23)35-14-13-34-21-10-8-20(9-11-21)19-5-3-2-4-6-19/h7-12,15,17,19H,2-6,13-14,16H2,1H3,(H2,27,31)(H,29,32)/b28-17-. The molecule has 0 saturated heterocycles. The van der Waals surface area contributed by atoms with Crippen LogP contribution in [0.3, 0.4) is 0 Å². The largest absolute Gasteiger partial charge is 0.493 e. The summed E-state index contributed by atoms with van der Waals surface area (Å²) in [4.78, 5) is 11.9. The van der Waals surface area contributed by atoms with Crippen LogP contribution in [0.5, 0.6) is 17.2 Å². The van der Waals surface area contributed by atoms with E-state index in [2.05, 4.69) is 32.9 Å². The molecule has 1 saturated carbocycles. The van der Waals surface area contributed by atoms with Crippen LogP contribution >= 0.6 is 11.3 Å². The van der Waals surface area contributed by atoms with Crippen LogP contribution in [0.15, 0.2) is 47.6 Å². The van der Waals surface area contributed by atoms with Crippen LogP contribution in [0.2, 0.25) is 0 Å². The SMILES string of the molecule is COc1cc(/C=N\NC(=O)Cc2nnc(N)s2)ccc1OCCOc1ccc(C2CCCCC2)cc1. The second-order valence-corrected chi connectivity index (χ2v) is 9.61. The quantitative estimate of drug-likeness (QED) is 0.224. The molecule has 3 N–H and O–H groups in total. The fourth-order valence-corrected chi connectivity index (χ4v) is 4.77. The van der Waals surface area contributed by atoms with Crippen molar-refractivity contribution in [1.29, 1.82) is 0 Å². The Kier molecular flexibility index (Phi) is 9.09. The third kappa shape index (κ3) is 7.42. The second-order valence-electron chi connectivity index (χ2n) is 8.52. The van der Waals surface area contributed by atoms with Gasteiger partial charge in [0.05, 0.1) is 19.7 Å². The predicted molar refractivity (Wildman–Crippen MR) is 140 cm³/mol. The van der Waals surface area contributed by atoms with Crippen LogP contribution in [0.1, 0.15) is 54.2 Å². The van der Waals surface area contributed by atoms with Gasteiger partial charge in [0, 0.05) is 0 Å². The van der Waals surface area contributed by atoms with Crippen LogP contribution in [0.25, 0.3) is 0 Å². The number of aromatic nitrogens is 2. The molecule has 1 aromatic heterocycles. The molecule has 9 nitrogen and oxygen atoms in total. The Morgan fingerprint density at radius 1 is 1.08 bits per heavy atom. The summed E-state index contributed by atoms with van der Waals surface area (Å²) < 4.78 is 17.1. The van der Waals surface area contributed by atoms with Gasteiger partial charge >= 0.3 is 0 Å². The zero-order chi connectivity index (χ0) is 25.2. The van der Waals surface area contributed by atoms with Gasteiger partial charge in [-0.25, -0.2) is 5.43 Å². The van der Waals surface area contributed by atoms with E-state index in [1.807, 2.05) is 18.2 Å². The molecular formula is C26H31N5O4S. The van der Waals surface area contributed by atoms with Gasteiger partial charge in [0.15, 0.2) is 11.5 Å². The van der Waals surface area contributed by atoms with Crippen molar-refractivity contribution in [3.63, 3.8) is 0 Å². The van der Waals surface area contributed by atoms with Crippen LogP contribution in [-0.4, -0.2) is 42.6 Å². The van der Waals surface area contributed by atoms with Gasteiger partial charge in [0.1, 0.15) is 24.0 Å². The normalized spacial score (nSPS) is 14.0. The molecule has 1 aliphatic carbocycles. The number of rotatable bonds is 11. The number of nitrogen functional groups attached to an aromatic ring is 1. The third-order valence-electron chi connectivity index (χ3n) is 5.95. The summed E-state index contributed by atoms with van der Waals surface area (Å²) >= 11 is 1.17. The number of amides is 1. The molecule has 1 aliphatic rings. The van der Waals surface area contributed by atoms with E-state index in [1.165, 1.54) is 55.2 Å². The Morgan fingerprint density at radius 3 is 2.58 bits per heavy atom. The molecule has 2 aromatic carbocycles. The average Bonchev–Trinajstić information content (AvgIpc) is 3.32. The predicted octanol–water partition coefficient (Wildman–Crippen LogP) is 4.33. The van der Waals surface area contributed by atoms with Gasteiger partial charge in [0.2, 0.25) is 11.0 Å². The third-order valence-corrected chi connectivity index (χ3v) is 6.70. The van der Waals surface area contributed by atoms with Crippen LogP contribution < -0.4 is 25.4 Å². The molecule has 36 heavy (non-hydrogen) atoms. The van der Waals surface area contributed by atoms with Crippen molar-refractivity contribution in [2.24, 2.45) is 5.10 Å². The highest BCUT2D eigenvalue weighted by Crippen LogP contribution is 2.33. The maximum atomic E-state index is 11.9. The Hall–Kier alpha value is -3.66. The molecule has 1 heterocycles. The molecule has 3 aromatic rings. The van der Waals surface area contributed by atoms with E-state index in [0.717, 1.165) is 11.3 Å². The van der Waals surface area contributed by atoms with Gasteiger partial charge in [-0.2, -0.15) is 5.10 Å². The minimum Gasteiger partial charge on any atom is -0.493 e. The minimum absolute atomic E-state index is 0.0645. The van der Waals surface area contributed by atoms with Gasteiger partial charge in [-0.3, -0.25) is 4.79 Å². The first-order valence-corrected chi connectivity index (χ1v) is 12.9. The number of hydrazone groups is 1. The summed E-state index contributed by atoms with van der Waals surface area (Å²) in [6, 6.07) is 13.9. The van der Waals surface area contributed by atoms with E-state index in [0.29, 0.717) is 40.8 Å². The van der Waals surface area contributed by atoms with Crippen molar-refractivity contribution in [2.45, 2.75) is 44.4 Å². The van der Waals surface area contributed by atoms with Crippen LogP contribution in [0, 0.1) is 0 Å². The van der Waals surface area contributed by atoms with E-state index < -0.39 is 0 Å². The monoisotopic (exact) mass is 509 g/mol. The molecule has 190 valence electrons. The van der Waals surface area contributed by atoms with E-state index >= 15 is 0 Å². The molecular weight excluding hydrogens is 478 g/mol. The van der Waals surface area contributed by atoms with Crippen molar-refractivity contribution >= 4 is 28.6 Å². The van der Waals surface area contributed by atoms with Crippen LogP contribution in [-0.2, 0) is 11.2 Å². The molecule has 0 spiro atoms. The Morgan fingerprint density at radius 2 is 1.86 bits per heavy atom. The van der Waals surface area contributed by atoms with Gasteiger partial charge in [-0.05, 0) is 60.2 Å². The van der Waals surface area contributed by atoms with Crippen molar-refractivity contribution in [2.75, 3.05) is 26.1 Å². The number of nitrogens with zero attached hydrogens (tertiary/aromatic N) is 3. The number of nitrogens with two attached hydrogens (primary N) is 1. The maximum absolute atomic E-state index is 11.9. The smallest absolute Gasteiger partial charge is 0.247 e. The number of anilines is 1. The van der Waals surface area contributed by atoms with Crippen molar-refractivity contribution < 1.29 is 19.0 Å². The molecule has 4 rings (SSSR count). The molecule has 0 atom stereocenters. The first kappa shape index (κ1) is 25.4. The minimum atomic E-state index is -0.307. The number of ether oxygens (including phenoxy) is 3. The van der Waals surface area contributed by atoms with Crippen molar-refractivity contribution in [1.82, 2.24) is 15.6 Å². The summed E-state index contributed by atoms with van der Waals surface area (Å²) in [5, 5.41) is 12.3. The van der Waals surface area contributed by atoms with E-state index in [-0.39, 0.29) is 12.3 Å². The van der Waals surface area contributed by atoms with Crippen molar-refractivity contribution in [3.05, 3.63) is 58.6 Å². The maximum Gasteiger partial charge on any atom is 0.247 e. The summed E-state index contributed by atoms with van der Waals surface area (Å²) in [7, 11) is 1.57. The fraction of sp³-hybridized carbons (Fsp3) is 0.385. The Bertz CT molecular complexity index is 1160. The Balaban J connectivity index is 1.21. The number of hydrogen-bond acceptors (Lipinski definition) is 9. The zero-order valence-electron chi connectivity index (χ0n) is 20.3. The summed E-state index contributed by atoms with van der Waals surface area (Å²) in [6.07, 6.45) is 8.19. The van der Waals surface area contributed by atoms with Crippen molar-refractivity contribution in [3.8, 4) is 17.2 Å². The summed E-state index contributed by atoms with van der Waals surface area (Å²) in [6.45, 7) is 0.793. The number of nitrogens with one attached hydrogen (secondary N) is 1. The van der Waals surface area contributed by atoms with Gasteiger partial charge in [-0.15, -0.1) is 10.2 Å². The lowest BCUT2D eigenvalue weighted by molar-refractivity contribution is -0.120. The highest BCUT2D eigenvalue weighted by atomic mass is 32.1. The summed E-state index contributed by atoms with van der Waals surface area (Å²) in [5.41, 5.74) is 10.1. The highest BCUT2D eigenvalue weighted by Gasteiger charge is 2.15. The number of benzene rings is 2. The molecule has 1 fully saturated rings. The van der Waals surface area contributed by atoms with Crippen LogP contribution in [0.4, 0.5) is 5.13 Å². The lowest BCUT2D eigenvalue weighted by atomic mass is 9.84. The lowest BCUT2D eigenvalue weighted by Crippen LogP contribution is -2.19. The molecule has 10 heteroatoms. The number of hydrogen-bond donors (Lipinski definition) is 2. The topological polar surface area (TPSA) is 121 Å². The molecule has 0 radical (unpaired) electrons. The van der Waals surface area contributed by atoms with Gasteiger partial charge in [-0.1, -0.05) is 42.7 Å². The summed E-state index contributed by atoms with van der Waals surface area (Å²) in [5.74, 6) is 2.38. The number of carbonyl (C=O) groups excluding carboxylic acids is 1. The average molecular weight is 510 g/mol. The first-order chi connectivity index (χ1) is 17.6. The Labute approximate surface area is 214 Å². The fourth-order valence-electron chi connectivity index (χ4n) is 4.16.